The van der Waals surface area contributed by atoms with Gasteiger partial charge in [0.05, 0.1) is 0 Å². The molecule has 0 saturated heterocycles. The van der Waals surface area contributed by atoms with Gasteiger partial charge in [0.1, 0.15) is 0 Å². The minimum Gasteiger partial charge on any atom is -0.0683 e. The third-order valence-electron chi connectivity index (χ3n) is 9.86. The van der Waals surface area contributed by atoms with E-state index < -0.39 is 0 Å². The average Bonchev–Trinajstić information content (AvgIpc) is 2.85. The molecule has 3 rings (SSSR count). The highest BCUT2D eigenvalue weighted by Gasteiger charge is 2.29. The fourth-order valence-corrected chi connectivity index (χ4v) is 7.35. The van der Waals surface area contributed by atoms with Gasteiger partial charge in [-0.15, -0.1) is 0 Å². The molecule has 8 atom stereocenters. The SMILES string of the molecule is CC.CCC1CC(C)CCC1C(C)C.CCC1CCC(C)CC1C.CCC1CCCC(CC)C1. The largest absolute Gasteiger partial charge is 0.0683 e. The first-order valence-electron chi connectivity index (χ1n) is 16.2. The van der Waals surface area contributed by atoms with Gasteiger partial charge in [-0.1, -0.05) is 134 Å². The molecule has 206 valence electrons. The summed E-state index contributed by atoms with van der Waals surface area (Å²) in [6.07, 6.45) is 20.5. The van der Waals surface area contributed by atoms with Crippen LogP contribution < -0.4 is 0 Å². The second-order valence-electron chi connectivity index (χ2n) is 12.8. The molecule has 0 aliphatic heterocycles. The topological polar surface area (TPSA) is 0 Å². The van der Waals surface area contributed by atoms with E-state index in [-0.39, 0.29) is 0 Å². The summed E-state index contributed by atoms with van der Waals surface area (Å²) < 4.78 is 0. The van der Waals surface area contributed by atoms with Gasteiger partial charge in [0.2, 0.25) is 0 Å². The Balaban J connectivity index is 0.000000465. The molecule has 3 saturated carbocycles. The molecule has 3 aliphatic rings. The van der Waals surface area contributed by atoms with Gasteiger partial charge >= 0.3 is 0 Å². The standard InChI is InChI=1S/C12H24.2C10H20.C2H6/c1-5-11-8-10(4)6-7-12(11)9(2)3;1-4-10-6-5-8(2)7-9(10)3;1-3-9-6-5-7-10(4-2)8-9;1-2/h9-12H,5-8H2,1-4H3;8-10H,4-7H2,1-3H3;9-10H,3-8H2,1-2H3;1-2H3. The van der Waals surface area contributed by atoms with Crippen molar-refractivity contribution in [3.63, 3.8) is 0 Å². The van der Waals surface area contributed by atoms with Crippen molar-refractivity contribution in [1.82, 2.24) is 0 Å². The molecule has 0 nitrogen and oxygen atoms in total. The zero-order valence-corrected chi connectivity index (χ0v) is 26.1. The first kappa shape index (κ1) is 34.0. The maximum Gasteiger partial charge on any atom is -0.0363 e. The Hall–Kier alpha value is 0. The van der Waals surface area contributed by atoms with Crippen LogP contribution in [0.3, 0.4) is 0 Å². The third kappa shape index (κ3) is 13.3. The highest BCUT2D eigenvalue weighted by molar-refractivity contribution is 4.79. The fourth-order valence-electron chi connectivity index (χ4n) is 7.35. The van der Waals surface area contributed by atoms with Crippen LogP contribution in [0.1, 0.15) is 166 Å². The second-order valence-corrected chi connectivity index (χ2v) is 12.8. The average molecular weight is 479 g/mol. The fraction of sp³-hybridized carbons (Fsp3) is 1.00. The van der Waals surface area contributed by atoms with Gasteiger partial charge in [0.15, 0.2) is 0 Å². The van der Waals surface area contributed by atoms with Crippen LogP contribution in [0, 0.1) is 53.3 Å². The molecule has 0 heteroatoms. The highest BCUT2D eigenvalue weighted by atomic mass is 14.3. The molecule has 0 aromatic heterocycles. The van der Waals surface area contributed by atoms with Crippen molar-refractivity contribution in [2.45, 2.75) is 166 Å². The third-order valence-corrected chi connectivity index (χ3v) is 9.86. The first-order valence-corrected chi connectivity index (χ1v) is 16.2. The van der Waals surface area contributed by atoms with Gasteiger partial charge in [0.25, 0.3) is 0 Å². The van der Waals surface area contributed by atoms with Crippen LogP contribution >= 0.6 is 0 Å². The molecule has 0 amide bonds. The molecular formula is C34H70. The summed E-state index contributed by atoms with van der Waals surface area (Å²) in [5.41, 5.74) is 0. The summed E-state index contributed by atoms with van der Waals surface area (Å²) in [7, 11) is 0. The van der Waals surface area contributed by atoms with Crippen molar-refractivity contribution in [2.75, 3.05) is 0 Å². The van der Waals surface area contributed by atoms with Crippen LogP contribution in [0.5, 0.6) is 0 Å². The molecule has 34 heavy (non-hydrogen) atoms. The second kappa shape index (κ2) is 20.1. The summed E-state index contributed by atoms with van der Waals surface area (Å²) in [4.78, 5) is 0. The van der Waals surface area contributed by atoms with E-state index in [0.717, 1.165) is 53.3 Å². The van der Waals surface area contributed by atoms with Crippen LogP contribution in [0.25, 0.3) is 0 Å². The smallest absolute Gasteiger partial charge is 0.0363 e. The van der Waals surface area contributed by atoms with E-state index in [1.54, 1.807) is 0 Å². The number of rotatable bonds is 5. The van der Waals surface area contributed by atoms with Crippen LogP contribution in [-0.2, 0) is 0 Å². The Labute approximate surface area is 219 Å². The van der Waals surface area contributed by atoms with Crippen LogP contribution in [-0.4, -0.2) is 0 Å². The monoisotopic (exact) mass is 479 g/mol. The Morgan fingerprint density at radius 3 is 1.50 bits per heavy atom. The Morgan fingerprint density at radius 1 is 0.559 bits per heavy atom. The molecule has 8 unspecified atom stereocenters. The molecule has 0 bridgehead atoms. The van der Waals surface area contributed by atoms with Crippen molar-refractivity contribution < 1.29 is 0 Å². The lowest BCUT2D eigenvalue weighted by Crippen LogP contribution is -2.26. The summed E-state index contributed by atoms with van der Waals surface area (Å²) in [5.74, 6) is 9.10. The van der Waals surface area contributed by atoms with E-state index in [1.165, 1.54) is 89.9 Å². The summed E-state index contributed by atoms with van der Waals surface area (Å²) in [5, 5.41) is 0. The van der Waals surface area contributed by atoms with Gasteiger partial charge in [-0.2, -0.15) is 0 Å². The van der Waals surface area contributed by atoms with Gasteiger partial charge in [-0.3, -0.25) is 0 Å². The van der Waals surface area contributed by atoms with Crippen molar-refractivity contribution in [1.29, 1.82) is 0 Å². The maximum atomic E-state index is 2.42. The van der Waals surface area contributed by atoms with Gasteiger partial charge < -0.3 is 0 Å². The van der Waals surface area contributed by atoms with Crippen molar-refractivity contribution in [3.05, 3.63) is 0 Å². The minimum atomic E-state index is 0.905. The van der Waals surface area contributed by atoms with Crippen molar-refractivity contribution in [2.24, 2.45) is 53.3 Å². The molecule has 0 heterocycles. The molecule has 0 N–H and O–H groups in total. The van der Waals surface area contributed by atoms with E-state index in [0.29, 0.717) is 0 Å². The van der Waals surface area contributed by atoms with Gasteiger partial charge in [-0.05, 0) is 85.4 Å². The van der Waals surface area contributed by atoms with E-state index >= 15 is 0 Å². The zero-order chi connectivity index (χ0) is 26.1. The molecule has 3 fully saturated rings. The van der Waals surface area contributed by atoms with Crippen molar-refractivity contribution in [3.8, 4) is 0 Å². The maximum absolute atomic E-state index is 2.42. The zero-order valence-electron chi connectivity index (χ0n) is 26.1. The molecule has 0 spiro atoms. The highest BCUT2D eigenvalue weighted by Crippen LogP contribution is 2.39. The van der Waals surface area contributed by atoms with Gasteiger partial charge in [0, 0.05) is 0 Å². The molecule has 0 radical (unpaired) electrons. The molecular weight excluding hydrogens is 408 g/mol. The van der Waals surface area contributed by atoms with E-state index in [9.17, 15) is 0 Å². The number of hydrogen-bond donors (Lipinski definition) is 0. The lowest BCUT2D eigenvalue weighted by molar-refractivity contribution is 0.140. The summed E-state index contributed by atoms with van der Waals surface area (Å²) >= 11 is 0. The van der Waals surface area contributed by atoms with Crippen molar-refractivity contribution >= 4 is 0 Å². The van der Waals surface area contributed by atoms with Crippen LogP contribution in [0.4, 0.5) is 0 Å². The van der Waals surface area contributed by atoms with E-state index in [4.69, 9.17) is 0 Å². The Morgan fingerprint density at radius 2 is 1.06 bits per heavy atom. The molecule has 3 aliphatic carbocycles. The summed E-state index contributed by atoms with van der Waals surface area (Å²) in [6.45, 7) is 25.4. The van der Waals surface area contributed by atoms with Crippen LogP contribution in [0.15, 0.2) is 0 Å². The predicted molar refractivity (Wildman–Crippen MR) is 158 cm³/mol. The number of hydrogen-bond acceptors (Lipinski definition) is 0. The first-order chi connectivity index (χ1) is 16.2. The summed E-state index contributed by atoms with van der Waals surface area (Å²) in [6, 6.07) is 0. The lowest BCUT2D eigenvalue weighted by atomic mass is 9.69. The van der Waals surface area contributed by atoms with Crippen LogP contribution in [0.2, 0.25) is 0 Å². The normalized spacial score (nSPS) is 35.6. The lowest BCUT2D eigenvalue weighted by Gasteiger charge is -2.36. The van der Waals surface area contributed by atoms with E-state index in [1.807, 2.05) is 13.8 Å². The van der Waals surface area contributed by atoms with Gasteiger partial charge in [-0.25, -0.2) is 0 Å². The minimum absolute atomic E-state index is 0.905. The van der Waals surface area contributed by atoms with E-state index in [2.05, 4.69) is 62.3 Å². The Bertz CT molecular complexity index is 427. The molecule has 0 aromatic rings. The molecule has 0 aromatic carbocycles. The Kier molecular flexibility index (Phi) is 20.1. The quantitative estimate of drug-likeness (QED) is 0.368. The predicted octanol–water partition coefficient (Wildman–Crippen LogP) is 12.2.